The highest BCUT2D eigenvalue weighted by molar-refractivity contribution is 6.33. The van der Waals surface area contributed by atoms with Gasteiger partial charge in [0.1, 0.15) is 17.5 Å². The smallest absolute Gasteiger partial charge is 0.326 e. The predicted octanol–water partition coefficient (Wildman–Crippen LogP) is 5.89. The Morgan fingerprint density at radius 1 is 1.03 bits per heavy atom. The van der Waals surface area contributed by atoms with Crippen molar-refractivity contribution >= 4 is 35.1 Å². The van der Waals surface area contributed by atoms with Gasteiger partial charge in [-0.1, -0.05) is 61.3 Å². The summed E-state index contributed by atoms with van der Waals surface area (Å²) in [5.41, 5.74) is 2.71. The molecule has 0 unspecified atom stereocenters. The zero-order valence-corrected chi connectivity index (χ0v) is 22.8. The minimum Gasteiger partial charge on any atom is -0.492 e. The topological polar surface area (TPSA) is 91.8 Å². The number of aliphatic carboxylic acids is 1. The van der Waals surface area contributed by atoms with Gasteiger partial charge in [-0.15, -0.1) is 0 Å². The van der Waals surface area contributed by atoms with Crippen LogP contribution >= 0.6 is 23.2 Å². The van der Waals surface area contributed by atoms with Crippen molar-refractivity contribution in [2.45, 2.75) is 26.3 Å². The normalized spacial score (nSPS) is 12.0. The van der Waals surface area contributed by atoms with E-state index in [-0.39, 0.29) is 11.6 Å². The van der Waals surface area contributed by atoms with E-state index in [1.807, 2.05) is 32.3 Å². The Morgan fingerprint density at radius 2 is 1.76 bits per heavy atom. The standard InChI is InChI=1S/C28H31Cl2N3O4/c1-17(2)25(28(35)36)32-27(34)23-13-11-20(19-8-5-6-9-21(19)29)26(31-23)18-10-12-22(30)24(16-18)37-15-7-14-33(3)4/h5-6,8-13,16-17,25H,7,14-15H2,1-4H3,(H,32,34)(H,35,36)/t25-/m1/s1. The minimum absolute atomic E-state index is 0.0844. The van der Waals surface area contributed by atoms with E-state index in [4.69, 9.17) is 27.9 Å². The molecule has 0 aliphatic carbocycles. The van der Waals surface area contributed by atoms with Gasteiger partial charge in [0, 0.05) is 28.3 Å². The third kappa shape index (κ3) is 7.44. The third-order valence-electron chi connectivity index (χ3n) is 5.72. The third-order valence-corrected chi connectivity index (χ3v) is 6.36. The first kappa shape index (κ1) is 28.4. The van der Waals surface area contributed by atoms with Crippen LogP contribution in [-0.4, -0.2) is 60.2 Å². The Hall–Kier alpha value is -3.13. The largest absolute Gasteiger partial charge is 0.492 e. The molecular weight excluding hydrogens is 513 g/mol. The van der Waals surface area contributed by atoms with Crippen molar-refractivity contribution in [3.8, 4) is 28.1 Å². The zero-order chi connectivity index (χ0) is 27.1. The van der Waals surface area contributed by atoms with Gasteiger partial charge in [-0.25, -0.2) is 9.78 Å². The number of carboxylic acid groups (broad SMARTS) is 1. The lowest BCUT2D eigenvalue weighted by molar-refractivity contribution is -0.140. The molecule has 3 aromatic rings. The molecule has 3 rings (SSSR count). The van der Waals surface area contributed by atoms with Crippen LogP contribution < -0.4 is 10.1 Å². The summed E-state index contributed by atoms with van der Waals surface area (Å²) in [7, 11) is 4.00. The zero-order valence-electron chi connectivity index (χ0n) is 21.3. The molecule has 0 fully saturated rings. The molecular formula is C28H31Cl2N3O4. The van der Waals surface area contributed by atoms with E-state index in [9.17, 15) is 14.7 Å². The van der Waals surface area contributed by atoms with Crippen molar-refractivity contribution in [3.05, 3.63) is 70.3 Å². The minimum atomic E-state index is -1.11. The molecule has 1 heterocycles. The molecule has 9 heteroatoms. The maximum atomic E-state index is 13.0. The predicted molar refractivity (Wildman–Crippen MR) is 148 cm³/mol. The lowest BCUT2D eigenvalue weighted by Crippen LogP contribution is -2.44. The number of rotatable bonds is 11. The summed E-state index contributed by atoms with van der Waals surface area (Å²) >= 11 is 12.9. The molecule has 2 N–H and O–H groups in total. The summed E-state index contributed by atoms with van der Waals surface area (Å²) in [6.45, 7) is 4.82. The fraction of sp³-hybridized carbons (Fsp3) is 0.321. The molecule has 0 radical (unpaired) electrons. The molecule has 0 aliphatic heterocycles. The molecule has 37 heavy (non-hydrogen) atoms. The summed E-state index contributed by atoms with van der Waals surface area (Å²) in [6, 6.07) is 14.9. The van der Waals surface area contributed by atoms with E-state index in [0.29, 0.717) is 39.2 Å². The van der Waals surface area contributed by atoms with Gasteiger partial charge < -0.3 is 20.1 Å². The Bertz CT molecular complexity index is 1260. The van der Waals surface area contributed by atoms with Gasteiger partial charge >= 0.3 is 5.97 Å². The van der Waals surface area contributed by atoms with Gasteiger partial charge in [-0.05, 0) is 56.8 Å². The first-order valence-electron chi connectivity index (χ1n) is 12.0. The Morgan fingerprint density at radius 3 is 2.41 bits per heavy atom. The van der Waals surface area contributed by atoms with E-state index in [2.05, 4.69) is 15.2 Å². The monoisotopic (exact) mass is 543 g/mol. The number of ether oxygens (including phenoxy) is 1. The van der Waals surface area contributed by atoms with E-state index < -0.39 is 17.9 Å². The van der Waals surface area contributed by atoms with Crippen molar-refractivity contribution in [1.29, 1.82) is 0 Å². The number of pyridine rings is 1. The Kier molecular flexibility index (Phi) is 9.92. The summed E-state index contributed by atoms with van der Waals surface area (Å²) < 4.78 is 5.94. The molecule has 0 saturated carbocycles. The Balaban J connectivity index is 2.04. The quantitative estimate of drug-likeness (QED) is 0.293. The fourth-order valence-electron chi connectivity index (χ4n) is 3.76. The first-order chi connectivity index (χ1) is 17.6. The number of benzene rings is 2. The molecule has 1 atom stereocenters. The number of hydrogen-bond acceptors (Lipinski definition) is 5. The second-order valence-electron chi connectivity index (χ2n) is 9.26. The molecule has 7 nitrogen and oxygen atoms in total. The van der Waals surface area contributed by atoms with Crippen molar-refractivity contribution < 1.29 is 19.4 Å². The number of nitrogens with zero attached hydrogens (tertiary/aromatic N) is 2. The summed E-state index contributed by atoms with van der Waals surface area (Å²) in [5.74, 6) is -1.48. The SMILES string of the molecule is CC(C)[C@@H](NC(=O)c1ccc(-c2ccccc2Cl)c(-c2ccc(Cl)c(OCCCN(C)C)c2)n1)C(=O)O. The van der Waals surface area contributed by atoms with Crippen LogP contribution in [-0.2, 0) is 4.79 Å². The van der Waals surface area contributed by atoms with E-state index in [0.717, 1.165) is 18.5 Å². The molecule has 2 aromatic carbocycles. The van der Waals surface area contributed by atoms with Crippen molar-refractivity contribution in [1.82, 2.24) is 15.2 Å². The lowest BCUT2D eigenvalue weighted by Gasteiger charge is -2.18. The van der Waals surface area contributed by atoms with Crippen LogP contribution in [0.4, 0.5) is 0 Å². The van der Waals surface area contributed by atoms with Crippen LogP contribution in [0.25, 0.3) is 22.4 Å². The molecule has 0 saturated heterocycles. The maximum absolute atomic E-state index is 13.0. The van der Waals surface area contributed by atoms with Crippen molar-refractivity contribution in [2.75, 3.05) is 27.2 Å². The average Bonchev–Trinajstić information content (AvgIpc) is 2.85. The van der Waals surface area contributed by atoms with Crippen LogP contribution in [0.5, 0.6) is 5.75 Å². The number of nitrogens with one attached hydrogen (secondary N) is 1. The summed E-state index contributed by atoms with van der Waals surface area (Å²) in [5, 5.41) is 13.1. The number of amides is 1. The number of aromatic nitrogens is 1. The summed E-state index contributed by atoms with van der Waals surface area (Å²) in [4.78, 5) is 31.3. The Labute approximate surface area is 227 Å². The number of carboxylic acids is 1. The van der Waals surface area contributed by atoms with Gasteiger partial charge in [-0.2, -0.15) is 0 Å². The molecule has 1 aromatic heterocycles. The highest BCUT2D eigenvalue weighted by atomic mass is 35.5. The van der Waals surface area contributed by atoms with Crippen LogP contribution in [0.3, 0.4) is 0 Å². The van der Waals surface area contributed by atoms with Gasteiger partial charge in [0.2, 0.25) is 0 Å². The molecule has 0 spiro atoms. The maximum Gasteiger partial charge on any atom is 0.326 e. The first-order valence-corrected chi connectivity index (χ1v) is 12.7. The number of carbonyl (C=O) groups excluding carboxylic acids is 1. The van der Waals surface area contributed by atoms with Crippen molar-refractivity contribution in [2.24, 2.45) is 5.92 Å². The van der Waals surface area contributed by atoms with Crippen LogP contribution in [0.2, 0.25) is 10.0 Å². The van der Waals surface area contributed by atoms with Gasteiger partial charge in [0.15, 0.2) is 0 Å². The molecule has 1 amide bonds. The van der Waals surface area contributed by atoms with Crippen LogP contribution in [0, 0.1) is 5.92 Å². The van der Waals surface area contributed by atoms with E-state index in [1.54, 1.807) is 50.2 Å². The molecule has 0 aliphatic rings. The van der Waals surface area contributed by atoms with Gasteiger partial charge in [0.05, 0.1) is 17.3 Å². The number of halogens is 2. The number of hydrogen-bond donors (Lipinski definition) is 2. The van der Waals surface area contributed by atoms with Crippen molar-refractivity contribution in [3.63, 3.8) is 0 Å². The van der Waals surface area contributed by atoms with Crippen LogP contribution in [0.1, 0.15) is 30.8 Å². The fourth-order valence-corrected chi connectivity index (χ4v) is 4.17. The lowest BCUT2D eigenvalue weighted by atomic mass is 9.98. The second-order valence-corrected chi connectivity index (χ2v) is 10.1. The van der Waals surface area contributed by atoms with Gasteiger partial charge in [-0.3, -0.25) is 4.79 Å². The highest BCUT2D eigenvalue weighted by Crippen LogP contribution is 2.37. The molecule has 0 bridgehead atoms. The number of carbonyl (C=O) groups is 2. The second kappa shape index (κ2) is 12.9. The van der Waals surface area contributed by atoms with Gasteiger partial charge in [0.25, 0.3) is 5.91 Å². The molecule has 196 valence electrons. The average molecular weight is 544 g/mol. The highest BCUT2D eigenvalue weighted by Gasteiger charge is 2.25. The van der Waals surface area contributed by atoms with E-state index in [1.165, 1.54) is 0 Å². The van der Waals surface area contributed by atoms with E-state index >= 15 is 0 Å². The summed E-state index contributed by atoms with van der Waals surface area (Å²) in [6.07, 6.45) is 0.826. The van der Waals surface area contributed by atoms with Crippen LogP contribution in [0.15, 0.2) is 54.6 Å².